The lowest BCUT2D eigenvalue weighted by atomic mass is 10.0. The number of hydrogen-bond donors (Lipinski definition) is 3. The van der Waals surface area contributed by atoms with Crippen molar-refractivity contribution in [1.29, 1.82) is 0 Å². The van der Waals surface area contributed by atoms with Crippen LogP contribution in [0.3, 0.4) is 0 Å². The highest BCUT2D eigenvalue weighted by Crippen LogP contribution is 2.22. The second-order valence-electron chi connectivity index (χ2n) is 11.1. The van der Waals surface area contributed by atoms with Gasteiger partial charge in [-0.25, -0.2) is 19.2 Å². The van der Waals surface area contributed by atoms with Crippen LogP contribution >= 0.6 is 0 Å². The third kappa shape index (κ3) is 10.4. The highest BCUT2D eigenvalue weighted by atomic mass is 16.6. The quantitative estimate of drug-likeness (QED) is 0.263. The van der Waals surface area contributed by atoms with Gasteiger partial charge in [0.1, 0.15) is 5.75 Å². The van der Waals surface area contributed by atoms with Gasteiger partial charge in [0.25, 0.3) is 0 Å². The first-order valence-electron chi connectivity index (χ1n) is 14.4. The summed E-state index contributed by atoms with van der Waals surface area (Å²) in [5.74, 6) is -5.21. The van der Waals surface area contributed by atoms with E-state index in [1.165, 1.54) is 49.1 Å². The van der Waals surface area contributed by atoms with E-state index in [-0.39, 0.29) is 22.6 Å². The van der Waals surface area contributed by atoms with Gasteiger partial charge in [0.05, 0.1) is 23.8 Å². The lowest BCUT2D eigenvalue weighted by molar-refractivity contribution is -0.166. The largest absolute Gasteiger partial charge is 0.497 e. The SMILES string of the molecule is CC(=O)N[C@@]1(C)CCN(Cc2ccccc2)C1.COc1ccc(C(=O)O[C@@H](C(=O)O)[C@@H](OC(=O)c2ccc(C)cc2)C(=O)O)cc1. The van der Waals surface area contributed by atoms with E-state index < -0.39 is 36.1 Å². The number of esters is 2. The van der Waals surface area contributed by atoms with Gasteiger partial charge in [-0.15, -0.1) is 0 Å². The van der Waals surface area contributed by atoms with Crippen molar-refractivity contribution in [3.63, 3.8) is 0 Å². The predicted octanol–water partition coefficient (Wildman–Crippen LogP) is 3.71. The maximum atomic E-state index is 12.2. The van der Waals surface area contributed by atoms with Crippen molar-refractivity contribution in [2.45, 2.75) is 51.5 Å². The Morgan fingerprint density at radius 2 is 1.33 bits per heavy atom. The van der Waals surface area contributed by atoms with E-state index >= 15 is 0 Å². The molecule has 1 fully saturated rings. The minimum atomic E-state index is -2.25. The first-order chi connectivity index (χ1) is 21.8. The molecule has 0 bridgehead atoms. The number of nitrogens with one attached hydrogen (secondary N) is 1. The molecule has 0 saturated carbocycles. The van der Waals surface area contributed by atoms with Crippen LogP contribution in [-0.4, -0.2) is 82.8 Å². The molecule has 1 saturated heterocycles. The van der Waals surface area contributed by atoms with Crippen LogP contribution < -0.4 is 10.1 Å². The standard InChI is InChI=1S/C20H18O9.C14H20N2O/c1-11-3-5-12(6-4-11)19(25)28-15(17(21)22)16(18(23)24)29-20(26)13-7-9-14(27-2)10-8-13;1-12(17)15-14(2)8-9-16(11-14)10-13-6-4-3-5-7-13/h3-10,15-16H,1-2H3,(H,21,22)(H,23,24);3-7H,8-11H2,1-2H3,(H,15,17)/t15-,16-;14-/m10/s1. The minimum Gasteiger partial charge on any atom is -0.497 e. The summed E-state index contributed by atoms with van der Waals surface area (Å²) in [6, 6.07) is 22.0. The van der Waals surface area contributed by atoms with Crippen molar-refractivity contribution in [1.82, 2.24) is 10.2 Å². The Hall–Kier alpha value is -5.23. The second-order valence-corrected chi connectivity index (χ2v) is 11.1. The average molecular weight is 635 g/mol. The van der Waals surface area contributed by atoms with Crippen LogP contribution in [0.4, 0.5) is 0 Å². The molecule has 12 heteroatoms. The maximum absolute atomic E-state index is 12.2. The number of amides is 1. The lowest BCUT2D eigenvalue weighted by Gasteiger charge is -2.25. The van der Waals surface area contributed by atoms with Crippen LogP contribution in [-0.2, 0) is 30.4 Å². The zero-order chi connectivity index (χ0) is 33.9. The molecule has 0 unspecified atom stereocenters. The predicted molar refractivity (Wildman–Crippen MR) is 166 cm³/mol. The van der Waals surface area contributed by atoms with Gasteiger partial charge in [-0.1, -0.05) is 48.0 Å². The Bertz CT molecular complexity index is 1510. The van der Waals surface area contributed by atoms with Crippen molar-refractivity contribution in [3.05, 3.63) is 101 Å². The fraction of sp³-hybridized carbons (Fsp3) is 0.324. The number of nitrogens with zero attached hydrogens (tertiary/aromatic N) is 1. The summed E-state index contributed by atoms with van der Waals surface area (Å²) < 4.78 is 14.6. The fourth-order valence-corrected chi connectivity index (χ4v) is 4.83. The molecule has 0 aromatic heterocycles. The number of aryl methyl sites for hydroxylation is 1. The summed E-state index contributed by atoms with van der Waals surface area (Å²) in [7, 11) is 1.42. The molecule has 1 amide bonds. The molecule has 12 nitrogen and oxygen atoms in total. The second kappa shape index (κ2) is 16.2. The van der Waals surface area contributed by atoms with Crippen LogP contribution in [0.1, 0.15) is 52.1 Å². The minimum absolute atomic E-state index is 0.0208. The van der Waals surface area contributed by atoms with Gasteiger partial charge in [-0.05, 0) is 62.2 Å². The molecule has 1 aliphatic heterocycles. The molecular weight excluding hydrogens is 596 g/mol. The van der Waals surface area contributed by atoms with Gasteiger partial charge in [-0.2, -0.15) is 0 Å². The topological polar surface area (TPSA) is 169 Å². The van der Waals surface area contributed by atoms with Crippen molar-refractivity contribution in [3.8, 4) is 5.75 Å². The molecular formula is C34H38N2O10. The number of rotatable bonds is 11. The number of benzene rings is 3. The monoisotopic (exact) mass is 634 g/mol. The smallest absolute Gasteiger partial charge is 0.349 e. The molecule has 3 atom stereocenters. The van der Waals surface area contributed by atoms with E-state index in [1.807, 2.05) is 6.07 Å². The van der Waals surface area contributed by atoms with Crippen LogP contribution in [0.2, 0.25) is 0 Å². The van der Waals surface area contributed by atoms with E-state index in [9.17, 15) is 34.2 Å². The van der Waals surface area contributed by atoms with Gasteiger partial charge >= 0.3 is 23.9 Å². The number of hydrogen-bond acceptors (Lipinski definition) is 9. The summed E-state index contributed by atoms with van der Waals surface area (Å²) in [5.41, 5.74) is 2.12. The first-order valence-corrected chi connectivity index (χ1v) is 14.4. The molecule has 46 heavy (non-hydrogen) atoms. The number of likely N-dealkylation sites (tertiary alicyclic amines) is 1. The summed E-state index contributed by atoms with van der Waals surface area (Å²) in [5, 5.41) is 21.7. The van der Waals surface area contributed by atoms with E-state index in [2.05, 4.69) is 41.4 Å². The van der Waals surface area contributed by atoms with E-state index in [0.717, 1.165) is 31.6 Å². The molecule has 3 aromatic rings. The molecule has 0 aliphatic carbocycles. The Morgan fingerprint density at radius 3 is 1.78 bits per heavy atom. The summed E-state index contributed by atoms with van der Waals surface area (Å²) >= 11 is 0. The first kappa shape index (κ1) is 35.3. The van der Waals surface area contributed by atoms with Crippen molar-refractivity contribution < 1.29 is 48.4 Å². The van der Waals surface area contributed by atoms with Gasteiger partial charge in [0.15, 0.2) is 0 Å². The molecule has 3 aromatic carbocycles. The highest BCUT2D eigenvalue weighted by molar-refractivity contribution is 5.95. The number of methoxy groups -OCH3 is 1. The van der Waals surface area contributed by atoms with Gasteiger partial charge < -0.3 is 29.7 Å². The molecule has 244 valence electrons. The van der Waals surface area contributed by atoms with Crippen molar-refractivity contribution >= 4 is 29.8 Å². The molecule has 1 heterocycles. The van der Waals surface area contributed by atoms with Crippen LogP contribution in [0.5, 0.6) is 5.75 Å². The number of carboxylic acid groups (broad SMARTS) is 2. The van der Waals surface area contributed by atoms with Crippen LogP contribution in [0.15, 0.2) is 78.9 Å². The van der Waals surface area contributed by atoms with Crippen molar-refractivity contribution in [2.24, 2.45) is 0 Å². The van der Waals surface area contributed by atoms with Crippen LogP contribution in [0.25, 0.3) is 0 Å². The Kier molecular flexibility index (Phi) is 12.4. The Labute approximate surface area is 266 Å². The molecule has 0 radical (unpaired) electrons. The van der Waals surface area contributed by atoms with Gasteiger partial charge in [-0.3, -0.25) is 9.69 Å². The van der Waals surface area contributed by atoms with Crippen molar-refractivity contribution in [2.75, 3.05) is 20.2 Å². The van der Waals surface area contributed by atoms with Crippen LogP contribution in [0, 0.1) is 6.92 Å². The molecule has 3 N–H and O–H groups in total. The molecule has 1 aliphatic rings. The zero-order valence-corrected chi connectivity index (χ0v) is 26.1. The Morgan fingerprint density at radius 1 is 0.826 bits per heavy atom. The van der Waals surface area contributed by atoms with Gasteiger partial charge in [0, 0.05) is 26.6 Å². The summed E-state index contributed by atoms with van der Waals surface area (Å²) in [6.45, 7) is 8.45. The van der Waals surface area contributed by atoms with E-state index in [1.54, 1.807) is 26.0 Å². The van der Waals surface area contributed by atoms with E-state index in [0.29, 0.717) is 5.75 Å². The number of carbonyl (C=O) groups excluding carboxylic acids is 3. The number of carboxylic acids is 2. The third-order valence-electron chi connectivity index (χ3n) is 7.12. The third-order valence-corrected chi connectivity index (χ3v) is 7.12. The zero-order valence-electron chi connectivity index (χ0n) is 26.1. The van der Waals surface area contributed by atoms with E-state index in [4.69, 9.17) is 14.2 Å². The fourth-order valence-electron chi connectivity index (χ4n) is 4.83. The number of aliphatic carboxylic acids is 2. The lowest BCUT2D eigenvalue weighted by Crippen LogP contribution is -2.46. The summed E-state index contributed by atoms with van der Waals surface area (Å²) in [6.07, 6.45) is -3.47. The molecule has 4 rings (SSSR count). The Balaban J connectivity index is 0.000000286. The number of ether oxygens (including phenoxy) is 3. The maximum Gasteiger partial charge on any atom is 0.349 e. The average Bonchev–Trinajstić information content (AvgIpc) is 3.38. The highest BCUT2D eigenvalue weighted by Gasteiger charge is 2.41. The molecule has 0 spiro atoms. The normalized spacial score (nSPS) is 17.0. The summed E-state index contributed by atoms with van der Waals surface area (Å²) in [4.78, 5) is 61.0. The number of carbonyl (C=O) groups is 5. The van der Waals surface area contributed by atoms with Gasteiger partial charge in [0.2, 0.25) is 18.1 Å².